The molecular weight excluding hydrogens is 307 g/mol. The summed E-state index contributed by atoms with van der Waals surface area (Å²) in [6, 6.07) is 14.5. The monoisotopic (exact) mass is 317 g/mol. The van der Waals surface area contributed by atoms with Crippen molar-refractivity contribution in [3.8, 4) is 0 Å². The van der Waals surface area contributed by atoms with Gasteiger partial charge in [0.05, 0.1) is 0 Å². The van der Waals surface area contributed by atoms with Crippen molar-refractivity contribution in [2.24, 2.45) is 0 Å². The van der Waals surface area contributed by atoms with E-state index in [4.69, 9.17) is 0 Å². The number of fused-ring (bicyclic) bond motifs is 1. The van der Waals surface area contributed by atoms with E-state index in [1.807, 2.05) is 24.3 Å². The van der Waals surface area contributed by atoms with Crippen LogP contribution in [-0.4, -0.2) is 16.1 Å². The van der Waals surface area contributed by atoms with Crippen LogP contribution in [0.15, 0.2) is 54.6 Å². The molecule has 0 fully saturated rings. The smallest absolute Gasteiger partial charge is 0.305 e. The molecule has 2 aromatic carbocycles. The molecule has 1 aromatic heterocycles. The molecular formula is C16H10F3N3O. The lowest BCUT2D eigenvalue weighted by Gasteiger charge is -2.07. The van der Waals surface area contributed by atoms with Gasteiger partial charge in [0.15, 0.2) is 11.5 Å². The summed E-state index contributed by atoms with van der Waals surface area (Å²) >= 11 is 0. The minimum absolute atomic E-state index is 0.0452. The molecule has 3 aromatic rings. The second-order valence-electron chi connectivity index (χ2n) is 4.82. The number of nitrogens with one attached hydrogen (secondary N) is 1. The lowest BCUT2D eigenvalue weighted by atomic mass is 10.1. The van der Waals surface area contributed by atoms with Crippen molar-refractivity contribution in [2.75, 3.05) is 5.32 Å². The quantitative estimate of drug-likeness (QED) is 0.780. The molecule has 0 saturated heterocycles. The van der Waals surface area contributed by atoms with Gasteiger partial charge in [0.1, 0.15) is 0 Å². The maximum atomic E-state index is 12.4. The highest BCUT2D eigenvalue weighted by Crippen LogP contribution is 2.27. The third-order valence-electron chi connectivity index (χ3n) is 3.21. The molecule has 116 valence electrons. The number of hydrogen-bond donors (Lipinski definition) is 1. The van der Waals surface area contributed by atoms with Crippen molar-refractivity contribution in [1.29, 1.82) is 0 Å². The van der Waals surface area contributed by atoms with E-state index in [1.165, 1.54) is 0 Å². The van der Waals surface area contributed by atoms with Gasteiger partial charge in [0.2, 0.25) is 0 Å². The van der Waals surface area contributed by atoms with Gasteiger partial charge < -0.3 is 5.32 Å². The van der Waals surface area contributed by atoms with Gasteiger partial charge in [-0.3, -0.25) is 4.79 Å². The number of halogens is 3. The van der Waals surface area contributed by atoms with Crippen LogP contribution in [0, 0.1) is 0 Å². The van der Waals surface area contributed by atoms with Crippen molar-refractivity contribution >= 4 is 22.5 Å². The van der Waals surface area contributed by atoms with Crippen molar-refractivity contribution < 1.29 is 18.0 Å². The zero-order valence-corrected chi connectivity index (χ0v) is 11.6. The van der Waals surface area contributed by atoms with Gasteiger partial charge in [-0.15, -0.1) is 10.2 Å². The first-order chi connectivity index (χ1) is 10.9. The minimum atomic E-state index is -4.56. The van der Waals surface area contributed by atoms with Crippen LogP contribution in [0.3, 0.4) is 0 Å². The van der Waals surface area contributed by atoms with Crippen LogP contribution >= 0.6 is 0 Å². The molecule has 3 rings (SSSR count). The van der Waals surface area contributed by atoms with Crippen LogP contribution in [-0.2, 0) is 6.18 Å². The number of alkyl halides is 3. The third kappa shape index (κ3) is 3.28. The zero-order chi connectivity index (χ0) is 16.4. The number of rotatable bonds is 2. The van der Waals surface area contributed by atoms with Gasteiger partial charge in [-0.05, 0) is 35.0 Å². The Morgan fingerprint density at radius 2 is 1.65 bits per heavy atom. The minimum Gasteiger partial charge on any atom is -0.305 e. The van der Waals surface area contributed by atoms with E-state index in [0.29, 0.717) is 5.56 Å². The molecule has 0 unspecified atom stereocenters. The van der Waals surface area contributed by atoms with Gasteiger partial charge >= 0.3 is 6.18 Å². The van der Waals surface area contributed by atoms with Gasteiger partial charge in [-0.2, -0.15) is 13.2 Å². The number of hydrogen-bond acceptors (Lipinski definition) is 3. The number of benzene rings is 2. The SMILES string of the molecule is O=C(Nc1ccc(C(F)(F)F)nn1)c1ccc2ccccc2c1. The van der Waals surface area contributed by atoms with E-state index in [2.05, 4.69) is 15.5 Å². The molecule has 0 aliphatic heterocycles. The van der Waals surface area contributed by atoms with Crippen LogP contribution < -0.4 is 5.32 Å². The first-order valence-electron chi connectivity index (χ1n) is 6.64. The molecule has 0 spiro atoms. The molecule has 0 saturated carbocycles. The van der Waals surface area contributed by atoms with Crippen LogP contribution in [0.2, 0.25) is 0 Å². The molecule has 7 heteroatoms. The average molecular weight is 317 g/mol. The molecule has 1 amide bonds. The Kier molecular flexibility index (Phi) is 3.69. The number of anilines is 1. The summed E-state index contributed by atoms with van der Waals surface area (Å²) in [5.74, 6) is -0.513. The summed E-state index contributed by atoms with van der Waals surface area (Å²) in [6.45, 7) is 0. The number of nitrogens with zero attached hydrogens (tertiary/aromatic N) is 2. The molecule has 0 aliphatic rings. The Hall–Kier alpha value is -2.96. The molecule has 0 aliphatic carbocycles. The molecule has 0 radical (unpaired) electrons. The fourth-order valence-corrected chi connectivity index (χ4v) is 2.07. The average Bonchev–Trinajstić information content (AvgIpc) is 2.54. The van der Waals surface area contributed by atoms with E-state index in [0.717, 1.165) is 22.9 Å². The van der Waals surface area contributed by atoms with E-state index in [9.17, 15) is 18.0 Å². The predicted molar refractivity (Wildman–Crippen MR) is 78.9 cm³/mol. The molecule has 1 N–H and O–H groups in total. The molecule has 0 atom stereocenters. The highest BCUT2D eigenvalue weighted by atomic mass is 19.4. The number of carbonyl (C=O) groups is 1. The van der Waals surface area contributed by atoms with Gasteiger partial charge in [0, 0.05) is 5.56 Å². The summed E-state index contributed by atoms with van der Waals surface area (Å²) in [7, 11) is 0. The van der Waals surface area contributed by atoms with Crippen LogP contribution in [0.1, 0.15) is 16.1 Å². The summed E-state index contributed by atoms with van der Waals surface area (Å²) in [5.41, 5.74) is -0.730. The molecule has 4 nitrogen and oxygen atoms in total. The second kappa shape index (κ2) is 5.68. The zero-order valence-electron chi connectivity index (χ0n) is 11.6. The van der Waals surface area contributed by atoms with Gasteiger partial charge in [-0.1, -0.05) is 30.3 Å². The van der Waals surface area contributed by atoms with Gasteiger partial charge in [0.25, 0.3) is 5.91 Å². The summed E-state index contributed by atoms with van der Waals surface area (Å²) in [6.07, 6.45) is -4.56. The van der Waals surface area contributed by atoms with Crippen molar-refractivity contribution in [3.05, 3.63) is 65.9 Å². The fourth-order valence-electron chi connectivity index (χ4n) is 2.07. The Morgan fingerprint density at radius 3 is 2.30 bits per heavy atom. The lowest BCUT2D eigenvalue weighted by Crippen LogP contribution is -2.15. The van der Waals surface area contributed by atoms with Crippen LogP contribution in [0.5, 0.6) is 0 Å². The molecule has 1 heterocycles. The topological polar surface area (TPSA) is 54.9 Å². The number of amides is 1. The van der Waals surface area contributed by atoms with Crippen LogP contribution in [0.4, 0.5) is 19.0 Å². The number of carbonyl (C=O) groups excluding carboxylic acids is 1. The maximum absolute atomic E-state index is 12.4. The van der Waals surface area contributed by atoms with Crippen molar-refractivity contribution in [1.82, 2.24) is 10.2 Å². The lowest BCUT2D eigenvalue weighted by molar-refractivity contribution is -0.141. The normalized spacial score (nSPS) is 11.4. The summed E-state index contributed by atoms with van der Waals surface area (Å²) < 4.78 is 37.2. The first kappa shape index (κ1) is 15.0. The van der Waals surface area contributed by atoms with E-state index in [1.54, 1.807) is 18.2 Å². The van der Waals surface area contributed by atoms with E-state index >= 15 is 0 Å². The van der Waals surface area contributed by atoms with Crippen LogP contribution in [0.25, 0.3) is 10.8 Å². The predicted octanol–water partition coefficient (Wildman–Crippen LogP) is 3.90. The van der Waals surface area contributed by atoms with Crippen molar-refractivity contribution in [2.45, 2.75) is 6.18 Å². The largest absolute Gasteiger partial charge is 0.435 e. The Labute approximate surface area is 129 Å². The third-order valence-corrected chi connectivity index (χ3v) is 3.21. The van der Waals surface area contributed by atoms with E-state index in [-0.39, 0.29) is 5.82 Å². The first-order valence-corrected chi connectivity index (χ1v) is 6.64. The van der Waals surface area contributed by atoms with E-state index < -0.39 is 17.8 Å². The Bertz CT molecular complexity index is 860. The Morgan fingerprint density at radius 1 is 0.913 bits per heavy atom. The van der Waals surface area contributed by atoms with Crippen molar-refractivity contribution in [3.63, 3.8) is 0 Å². The Balaban J connectivity index is 1.80. The highest BCUT2D eigenvalue weighted by Gasteiger charge is 2.32. The fraction of sp³-hybridized carbons (Fsp3) is 0.0625. The maximum Gasteiger partial charge on any atom is 0.435 e. The standard InChI is InChI=1S/C16H10F3N3O/c17-16(18,19)13-7-8-14(22-21-13)20-15(23)12-6-5-10-3-1-2-4-11(10)9-12/h1-9H,(H,20,22,23). The summed E-state index contributed by atoms with van der Waals surface area (Å²) in [4.78, 5) is 12.1. The highest BCUT2D eigenvalue weighted by molar-refractivity contribution is 6.05. The number of aromatic nitrogens is 2. The van der Waals surface area contributed by atoms with Gasteiger partial charge in [-0.25, -0.2) is 0 Å². The molecule has 0 bridgehead atoms. The molecule has 23 heavy (non-hydrogen) atoms. The summed E-state index contributed by atoms with van der Waals surface area (Å²) in [5, 5.41) is 10.7. The second-order valence-corrected chi connectivity index (χ2v) is 4.82.